The lowest BCUT2D eigenvalue weighted by molar-refractivity contribution is 0.0193. The molecule has 0 fully saturated rings. The lowest BCUT2D eigenvalue weighted by atomic mass is 9.98. The largest absolute Gasteiger partial charge is 0.399 e. The lowest BCUT2D eigenvalue weighted by Gasteiger charge is -2.23. The maximum absolute atomic E-state index is 5.65. The molecule has 0 aromatic heterocycles. The average Bonchev–Trinajstić information content (AvgIpc) is 2.05. The summed E-state index contributed by atoms with van der Waals surface area (Å²) in [5.74, 6) is 0. The van der Waals surface area contributed by atoms with Crippen molar-refractivity contribution in [3.05, 3.63) is 29.8 Å². The first-order chi connectivity index (χ1) is 5.56. The predicted molar refractivity (Wildman–Crippen MR) is 50.9 cm³/mol. The van der Waals surface area contributed by atoms with Crippen molar-refractivity contribution in [1.82, 2.24) is 0 Å². The molecule has 0 atom stereocenters. The summed E-state index contributed by atoms with van der Waals surface area (Å²) in [7, 11) is 1.70. The Labute approximate surface area is 73.3 Å². The van der Waals surface area contributed by atoms with Crippen molar-refractivity contribution in [2.75, 3.05) is 12.8 Å². The molecule has 0 amide bonds. The van der Waals surface area contributed by atoms with Crippen LogP contribution in [0.3, 0.4) is 0 Å². The van der Waals surface area contributed by atoms with Gasteiger partial charge in [0.25, 0.3) is 0 Å². The van der Waals surface area contributed by atoms with Gasteiger partial charge >= 0.3 is 0 Å². The van der Waals surface area contributed by atoms with Crippen LogP contribution in [-0.2, 0) is 10.3 Å². The number of hydrogen-bond donors (Lipinski definition) is 1. The number of hydrogen-bond acceptors (Lipinski definition) is 2. The number of nitrogen functional groups attached to an aromatic ring is 1. The zero-order valence-electron chi connectivity index (χ0n) is 7.79. The molecule has 2 heteroatoms. The fraction of sp³-hybridized carbons (Fsp3) is 0.400. The van der Waals surface area contributed by atoms with Crippen molar-refractivity contribution in [3.63, 3.8) is 0 Å². The van der Waals surface area contributed by atoms with Gasteiger partial charge < -0.3 is 10.5 Å². The fourth-order valence-electron chi connectivity index (χ4n) is 1.03. The summed E-state index contributed by atoms with van der Waals surface area (Å²) < 4.78 is 5.32. The van der Waals surface area contributed by atoms with Crippen molar-refractivity contribution < 1.29 is 4.74 Å². The molecule has 1 aromatic rings. The van der Waals surface area contributed by atoms with E-state index in [9.17, 15) is 0 Å². The van der Waals surface area contributed by atoms with E-state index in [0.717, 1.165) is 11.3 Å². The highest BCUT2D eigenvalue weighted by Crippen LogP contribution is 2.24. The first-order valence-corrected chi connectivity index (χ1v) is 3.97. The van der Waals surface area contributed by atoms with Crippen LogP contribution in [0.5, 0.6) is 0 Å². The maximum atomic E-state index is 5.65. The second kappa shape index (κ2) is 3.15. The number of anilines is 1. The molecule has 1 aromatic carbocycles. The molecule has 0 aliphatic carbocycles. The van der Waals surface area contributed by atoms with Gasteiger partial charge in [-0.05, 0) is 31.5 Å². The lowest BCUT2D eigenvalue weighted by Crippen LogP contribution is -2.19. The summed E-state index contributed by atoms with van der Waals surface area (Å²) in [6.45, 7) is 4.03. The van der Waals surface area contributed by atoms with E-state index < -0.39 is 0 Å². The van der Waals surface area contributed by atoms with Gasteiger partial charge in [-0.1, -0.05) is 12.1 Å². The van der Waals surface area contributed by atoms with Crippen LogP contribution in [0.15, 0.2) is 24.3 Å². The van der Waals surface area contributed by atoms with Crippen molar-refractivity contribution in [2.45, 2.75) is 19.4 Å². The summed E-state index contributed by atoms with van der Waals surface area (Å²) in [5, 5.41) is 0. The SMILES string of the molecule is COC(C)(C)c1cccc(N)c1. The summed E-state index contributed by atoms with van der Waals surface area (Å²) in [4.78, 5) is 0. The Morgan fingerprint density at radius 3 is 2.50 bits per heavy atom. The van der Waals surface area contributed by atoms with Crippen LogP contribution in [0.1, 0.15) is 19.4 Å². The third-order valence-electron chi connectivity index (χ3n) is 2.09. The van der Waals surface area contributed by atoms with Gasteiger partial charge in [-0.25, -0.2) is 0 Å². The van der Waals surface area contributed by atoms with E-state index in [1.54, 1.807) is 7.11 Å². The van der Waals surface area contributed by atoms with E-state index >= 15 is 0 Å². The van der Waals surface area contributed by atoms with Crippen LogP contribution in [0.2, 0.25) is 0 Å². The highest BCUT2D eigenvalue weighted by Gasteiger charge is 2.18. The topological polar surface area (TPSA) is 35.2 Å². The molecule has 2 nitrogen and oxygen atoms in total. The number of rotatable bonds is 2. The minimum absolute atomic E-state index is 0.255. The zero-order chi connectivity index (χ0) is 9.19. The third-order valence-corrected chi connectivity index (χ3v) is 2.09. The molecule has 0 saturated carbocycles. The molecule has 0 aliphatic heterocycles. The Kier molecular flexibility index (Phi) is 2.38. The predicted octanol–water partition coefficient (Wildman–Crippen LogP) is 2.15. The van der Waals surface area contributed by atoms with Gasteiger partial charge in [0.05, 0.1) is 5.60 Å². The number of nitrogens with two attached hydrogens (primary N) is 1. The van der Waals surface area contributed by atoms with Crippen LogP contribution in [0.25, 0.3) is 0 Å². The molecular weight excluding hydrogens is 150 g/mol. The molecule has 12 heavy (non-hydrogen) atoms. The van der Waals surface area contributed by atoms with Crippen molar-refractivity contribution in [3.8, 4) is 0 Å². The number of ether oxygens (including phenoxy) is 1. The molecule has 2 N–H and O–H groups in total. The molecule has 0 bridgehead atoms. The standard InChI is InChI=1S/C10H15NO/c1-10(2,12-3)8-5-4-6-9(11)7-8/h4-7H,11H2,1-3H3. The van der Waals surface area contributed by atoms with Crippen molar-refractivity contribution in [2.24, 2.45) is 0 Å². The van der Waals surface area contributed by atoms with E-state index in [1.165, 1.54) is 0 Å². The Balaban J connectivity index is 3.03. The maximum Gasteiger partial charge on any atom is 0.0872 e. The molecule has 66 valence electrons. The minimum atomic E-state index is -0.255. The van der Waals surface area contributed by atoms with Crippen LogP contribution in [0, 0.1) is 0 Å². The van der Waals surface area contributed by atoms with E-state index in [4.69, 9.17) is 10.5 Å². The summed E-state index contributed by atoms with van der Waals surface area (Å²) in [5.41, 5.74) is 7.28. The Morgan fingerprint density at radius 2 is 2.00 bits per heavy atom. The second-order valence-electron chi connectivity index (χ2n) is 3.34. The van der Waals surface area contributed by atoms with E-state index in [0.29, 0.717) is 0 Å². The number of benzene rings is 1. The molecule has 0 unspecified atom stereocenters. The zero-order valence-corrected chi connectivity index (χ0v) is 7.79. The monoisotopic (exact) mass is 165 g/mol. The molecular formula is C10H15NO. The van der Waals surface area contributed by atoms with Gasteiger partial charge in [0.1, 0.15) is 0 Å². The molecule has 1 rings (SSSR count). The highest BCUT2D eigenvalue weighted by atomic mass is 16.5. The highest BCUT2D eigenvalue weighted by molar-refractivity contribution is 5.42. The quantitative estimate of drug-likeness (QED) is 0.681. The van der Waals surface area contributed by atoms with Gasteiger partial charge in [-0.3, -0.25) is 0 Å². The van der Waals surface area contributed by atoms with Crippen molar-refractivity contribution in [1.29, 1.82) is 0 Å². The summed E-state index contributed by atoms with van der Waals surface area (Å²) >= 11 is 0. The minimum Gasteiger partial charge on any atom is -0.399 e. The second-order valence-corrected chi connectivity index (χ2v) is 3.34. The third kappa shape index (κ3) is 1.77. The molecule has 0 aliphatic rings. The molecule has 0 radical (unpaired) electrons. The number of methoxy groups -OCH3 is 1. The van der Waals surface area contributed by atoms with E-state index in [1.807, 2.05) is 38.1 Å². The van der Waals surface area contributed by atoms with E-state index in [2.05, 4.69) is 0 Å². The normalized spacial score (nSPS) is 11.6. The van der Waals surface area contributed by atoms with Gasteiger partial charge in [-0.2, -0.15) is 0 Å². The van der Waals surface area contributed by atoms with Crippen LogP contribution in [-0.4, -0.2) is 7.11 Å². The Morgan fingerprint density at radius 1 is 1.33 bits per heavy atom. The summed E-state index contributed by atoms with van der Waals surface area (Å²) in [6.07, 6.45) is 0. The van der Waals surface area contributed by atoms with Gasteiger partial charge in [0.2, 0.25) is 0 Å². The van der Waals surface area contributed by atoms with Crippen LogP contribution in [0.4, 0.5) is 5.69 Å². The molecule has 0 saturated heterocycles. The van der Waals surface area contributed by atoms with Gasteiger partial charge in [0, 0.05) is 12.8 Å². The van der Waals surface area contributed by atoms with Crippen molar-refractivity contribution >= 4 is 5.69 Å². The summed E-state index contributed by atoms with van der Waals surface area (Å²) in [6, 6.07) is 7.75. The molecule has 0 heterocycles. The Hall–Kier alpha value is -1.02. The van der Waals surface area contributed by atoms with Gasteiger partial charge in [0.15, 0.2) is 0 Å². The first-order valence-electron chi connectivity index (χ1n) is 3.97. The van der Waals surface area contributed by atoms with Crippen LogP contribution >= 0.6 is 0 Å². The van der Waals surface area contributed by atoms with Crippen LogP contribution < -0.4 is 5.73 Å². The van der Waals surface area contributed by atoms with E-state index in [-0.39, 0.29) is 5.60 Å². The fourth-order valence-corrected chi connectivity index (χ4v) is 1.03. The first kappa shape index (κ1) is 9.07. The smallest absolute Gasteiger partial charge is 0.0872 e. The average molecular weight is 165 g/mol. The Bertz CT molecular complexity index is 268. The van der Waals surface area contributed by atoms with Gasteiger partial charge in [-0.15, -0.1) is 0 Å². The molecule has 0 spiro atoms.